The SMILES string of the molecule is CCNC(Cc1cc(Br)ccc1OC)c1sccc1C. The van der Waals surface area contributed by atoms with Gasteiger partial charge in [-0.05, 0) is 60.7 Å². The molecule has 2 rings (SSSR count). The fourth-order valence-corrected chi connectivity index (χ4v) is 3.78. The topological polar surface area (TPSA) is 21.3 Å². The fraction of sp³-hybridized carbons (Fsp3) is 0.375. The van der Waals surface area contributed by atoms with Gasteiger partial charge in [-0.25, -0.2) is 0 Å². The second-order valence-electron chi connectivity index (χ2n) is 4.74. The van der Waals surface area contributed by atoms with Crippen molar-refractivity contribution < 1.29 is 4.74 Å². The van der Waals surface area contributed by atoms with E-state index in [0.717, 1.165) is 23.2 Å². The molecular formula is C16H20BrNOS. The number of likely N-dealkylation sites (N-methyl/N-ethyl adjacent to an activating group) is 1. The van der Waals surface area contributed by atoms with Crippen LogP contribution in [0.3, 0.4) is 0 Å². The van der Waals surface area contributed by atoms with Gasteiger partial charge in [0, 0.05) is 15.4 Å². The number of thiophene rings is 1. The molecule has 2 aromatic rings. The van der Waals surface area contributed by atoms with Crippen molar-refractivity contribution in [3.8, 4) is 5.75 Å². The lowest BCUT2D eigenvalue weighted by atomic mass is 10.0. The third-order valence-corrected chi connectivity index (χ3v) is 4.96. The van der Waals surface area contributed by atoms with Crippen molar-refractivity contribution in [1.29, 1.82) is 0 Å². The van der Waals surface area contributed by atoms with Crippen LogP contribution < -0.4 is 10.1 Å². The normalized spacial score (nSPS) is 12.4. The quantitative estimate of drug-likeness (QED) is 0.810. The van der Waals surface area contributed by atoms with Crippen LogP contribution in [0, 0.1) is 6.92 Å². The smallest absolute Gasteiger partial charge is 0.122 e. The van der Waals surface area contributed by atoms with Crippen LogP contribution in [0.5, 0.6) is 5.75 Å². The van der Waals surface area contributed by atoms with Gasteiger partial charge in [-0.15, -0.1) is 11.3 Å². The predicted molar refractivity (Wildman–Crippen MR) is 89.9 cm³/mol. The fourth-order valence-electron chi connectivity index (χ4n) is 2.37. The molecule has 0 radical (unpaired) electrons. The second kappa shape index (κ2) is 7.25. The molecule has 1 heterocycles. The Kier molecular flexibility index (Phi) is 5.64. The summed E-state index contributed by atoms with van der Waals surface area (Å²) in [5.41, 5.74) is 2.58. The minimum atomic E-state index is 0.336. The van der Waals surface area contributed by atoms with E-state index in [4.69, 9.17) is 4.74 Å². The summed E-state index contributed by atoms with van der Waals surface area (Å²) in [4.78, 5) is 1.41. The molecule has 4 heteroatoms. The van der Waals surface area contributed by atoms with E-state index in [1.54, 1.807) is 7.11 Å². The molecule has 0 aliphatic heterocycles. The lowest BCUT2D eigenvalue weighted by molar-refractivity contribution is 0.406. The van der Waals surface area contributed by atoms with Crippen LogP contribution in [0.25, 0.3) is 0 Å². The number of hydrogen-bond donors (Lipinski definition) is 1. The molecule has 108 valence electrons. The van der Waals surface area contributed by atoms with Gasteiger partial charge in [0.15, 0.2) is 0 Å². The minimum absolute atomic E-state index is 0.336. The molecule has 0 bridgehead atoms. The van der Waals surface area contributed by atoms with Crippen LogP contribution in [0.1, 0.15) is 29.0 Å². The maximum atomic E-state index is 5.48. The molecule has 1 atom stereocenters. The van der Waals surface area contributed by atoms with Crippen LogP contribution in [-0.2, 0) is 6.42 Å². The largest absolute Gasteiger partial charge is 0.496 e. The molecule has 0 aliphatic rings. The predicted octanol–water partition coefficient (Wildman–Crippen LogP) is 4.72. The van der Waals surface area contributed by atoms with Gasteiger partial charge in [-0.1, -0.05) is 22.9 Å². The van der Waals surface area contributed by atoms with Gasteiger partial charge in [-0.2, -0.15) is 0 Å². The molecule has 1 aromatic carbocycles. The molecule has 0 aliphatic carbocycles. The Bertz CT molecular complexity index is 567. The molecule has 0 amide bonds. The van der Waals surface area contributed by atoms with Crippen molar-refractivity contribution >= 4 is 27.3 Å². The van der Waals surface area contributed by atoms with Crippen molar-refractivity contribution in [2.45, 2.75) is 26.3 Å². The van der Waals surface area contributed by atoms with Gasteiger partial charge < -0.3 is 10.1 Å². The van der Waals surface area contributed by atoms with E-state index >= 15 is 0 Å². The van der Waals surface area contributed by atoms with E-state index in [1.807, 2.05) is 23.5 Å². The van der Waals surface area contributed by atoms with E-state index in [-0.39, 0.29) is 0 Å². The van der Waals surface area contributed by atoms with Gasteiger partial charge >= 0.3 is 0 Å². The highest BCUT2D eigenvalue weighted by Crippen LogP contribution is 2.31. The van der Waals surface area contributed by atoms with Crippen LogP contribution in [-0.4, -0.2) is 13.7 Å². The highest BCUT2D eigenvalue weighted by atomic mass is 79.9. The van der Waals surface area contributed by atoms with Crippen LogP contribution >= 0.6 is 27.3 Å². The summed E-state index contributed by atoms with van der Waals surface area (Å²) < 4.78 is 6.57. The van der Waals surface area contributed by atoms with Crippen molar-refractivity contribution in [2.24, 2.45) is 0 Å². The third kappa shape index (κ3) is 3.62. The number of rotatable bonds is 6. The van der Waals surface area contributed by atoms with E-state index in [0.29, 0.717) is 6.04 Å². The Morgan fingerprint density at radius 2 is 2.15 bits per heavy atom. The van der Waals surface area contributed by atoms with Crippen molar-refractivity contribution in [2.75, 3.05) is 13.7 Å². The van der Waals surface area contributed by atoms with Gasteiger partial charge in [0.1, 0.15) is 5.75 Å². The number of hydrogen-bond acceptors (Lipinski definition) is 3. The van der Waals surface area contributed by atoms with Gasteiger partial charge in [-0.3, -0.25) is 0 Å². The molecule has 0 saturated heterocycles. The summed E-state index contributed by atoms with van der Waals surface area (Å²) >= 11 is 5.36. The first-order chi connectivity index (χ1) is 9.65. The maximum Gasteiger partial charge on any atom is 0.122 e. The molecule has 1 unspecified atom stereocenters. The Morgan fingerprint density at radius 3 is 2.75 bits per heavy atom. The zero-order valence-corrected chi connectivity index (χ0v) is 14.5. The van der Waals surface area contributed by atoms with Crippen LogP contribution in [0.4, 0.5) is 0 Å². The van der Waals surface area contributed by atoms with Crippen molar-refractivity contribution in [3.63, 3.8) is 0 Å². The van der Waals surface area contributed by atoms with Gasteiger partial charge in [0.05, 0.1) is 7.11 Å². The number of benzene rings is 1. The van der Waals surface area contributed by atoms with Crippen molar-refractivity contribution in [1.82, 2.24) is 5.32 Å². The summed E-state index contributed by atoms with van der Waals surface area (Å²) in [7, 11) is 1.73. The molecule has 1 aromatic heterocycles. The Hall–Kier alpha value is -0.840. The number of aryl methyl sites for hydroxylation is 1. The zero-order chi connectivity index (χ0) is 14.5. The number of methoxy groups -OCH3 is 1. The molecule has 0 saturated carbocycles. The van der Waals surface area contributed by atoms with E-state index in [9.17, 15) is 0 Å². The van der Waals surface area contributed by atoms with Gasteiger partial charge in [0.25, 0.3) is 0 Å². The average molecular weight is 354 g/mol. The summed E-state index contributed by atoms with van der Waals surface area (Å²) in [5.74, 6) is 0.949. The van der Waals surface area contributed by atoms with Crippen LogP contribution in [0.2, 0.25) is 0 Å². The molecule has 1 N–H and O–H groups in total. The maximum absolute atomic E-state index is 5.48. The second-order valence-corrected chi connectivity index (χ2v) is 6.60. The Balaban J connectivity index is 2.29. The number of halogens is 1. The highest BCUT2D eigenvalue weighted by Gasteiger charge is 2.17. The number of ether oxygens (including phenoxy) is 1. The summed E-state index contributed by atoms with van der Waals surface area (Å²) in [6.45, 7) is 5.28. The molecule has 20 heavy (non-hydrogen) atoms. The monoisotopic (exact) mass is 353 g/mol. The first-order valence-electron chi connectivity index (χ1n) is 6.75. The molecule has 0 fully saturated rings. The Morgan fingerprint density at radius 1 is 1.35 bits per heavy atom. The first-order valence-corrected chi connectivity index (χ1v) is 8.42. The highest BCUT2D eigenvalue weighted by molar-refractivity contribution is 9.10. The average Bonchev–Trinajstić information content (AvgIpc) is 2.85. The number of nitrogens with one attached hydrogen (secondary N) is 1. The third-order valence-electron chi connectivity index (χ3n) is 3.34. The Labute approximate surface area is 133 Å². The molecular weight excluding hydrogens is 334 g/mol. The zero-order valence-electron chi connectivity index (χ0n) is 12.1. The summed E-state index contributed by atoms with van der Waals surface area (Å²) in [5, 5.41) is 5.74. The summed E-state index contributed by atoms with van der Waals surface area (Å²) in [6, 6.07) is 8.70. The van der Waals surface area contributed by atoms with Crippen molar-refractivity contribution in [3.05, 3.63) is 50.1 Å². The lowest BCUT2D eigenvalue weighted by Crippen LogP contribution is -2.23. The van der Waals surface area contributed by atoms with E-state index in [1.165, 1.54) is 16.0 Å². The molecule has 0 spiro atoms. The van der Waals surface area contributed by atoms with Gasteiger partial charge in [0.2, 0.25) is 0 Å². The molecule has 2 nitrogen and oxygen atoms in total. The lowest BCUT2D eigenvalue weighted by Gasteiger charge is -2.19. The standard InChI is InChI=1S/C16H20BrNOS/c1-4-18-14(16-11(2)7-8-20-16)10-12-9-13(17)5-6-15(12)19-3/h5-9,14,18H,4,10H2,1-3H3. The van der Waals surface area contributed by atoms with E-state index in [2.05, 4.69) is 52.6 Å². The minimum Gasteiger partial charge on any atom is -0.496 e. The van der Waals surface area contributed by atoms with E-state index < -0.39 is 0 Å². The summed E-state index contributed by atoms with van der Waals surface area (Å²) in [6.07, 6.45) is 0.928. The first kappa shape index (κ1) is 15.5. The van der Waals surface area contributed by atoms with Crippen LogP contribution in [0.15, 0.2) is 34.1 Å².